The Morgan fingerprint density at radius 2 is 2.00 bits per heavy atom. The number of hydrogen-bond acceptors (Lipinski definition) is 4. The van der Waals surface area contributed by atoms with E-state index < -0.39 is 11.6 Å². The van der Waals surface area contributed by atoms with Crippen LogP contribution in [0.4, 0.5) is 10.1 Å². The Kier molecular flexibility index (Phi) is 4.33. The van der Waals surface area contributed by atoms with Gasteiger partial charge in [0.05, 0.1) is 29.0 Å². The monoisotopic (exact) mass is 381 g/mol. The zero-order valence-electron chi connectivity index (χ0n) is 16.3. The van der Waals surface area contributed by atoms with Crippen LogP contribution >= 0.6 is 0 Å². The topological polar surface area (TPSA) is 85.3 Å². The fourth-order valence-corrected chi connectivity index (χ4v) is 4.08. The maximum absolute atomic E-state index is 14.8. The molecule has 2 atom stereocenters. The maximum Gasteiger partial charge on any atom is 0.252 e. The third-order valence-electron chi connectivity index (χ3n) is 5.52. The van der Waals surface area contributed by atoms with E-state index in [1.54, 1.807) is 11.4 Å². The lowest BCUT2D eigenvalue weighted by molar-refractivity contribution is 0.1000. The molecule has 0 aromatic carbocycles. The number of pyridine rings is 1. The molecule has 146 valence electrons. The van der Waals surface area contributed by atoms with Gasteiger partial charge in [-0.2, -0.15) is 5.10 Å². The molecule has 3 aromatic rings. The Morgan fingerprint density at radius 3 is 2.61 bits per heavy atom. The molecule has 0 spiro atoms. The number of nitrogens with one attached hydrogen (secondary N) is 1. The average molecular weight is 381 g/mol. The molecule has 7 heteroatoms. The van der Waals surface area contributed by atoms with Crippen LogP contribution in [-0.2, 0) is 0 Å². The highest BCUT2D eigenvalue weighted by molar-refractivity contribution is 6.02. The Hall–Kier alpha value is -2.96. The first-order valence-electron chi connectivity index (χ1n) is 9.47. The number of rotatable bonds is 4. The average Bonchev–Trinajstić information content (AvgIpc) is 3.17. The summed E-state index contributed by atoms with van der Waals surface area (Å²) in [4.78, 5) is 16.4. The van der Waals surface area contributed by atoms with Gasteiger partial charge in [0.1, 0.15) is 5.67 Å². The molecule has 28 heavy (non-hydrogen) atoms. The number of aryl methyl sites for hydroxylation is 2. The highest BCUT2D eigenvalue weighted by Crippen LogP contribution is 2.37. The summed E-state index contributed by atoms with van der Waals surface area (Å²) in [5, 5.41) is 7.59. The predicted molar refractivity (Wildman–Crippen MR) is 107 cm³/mol. The fourth-order valence-electron chi connectivity index (χ4n) is 4.08. The van der Waals surface area contributed by atoms with Crippen molar-refractivity contribution >= 4 is 17.1 Å². The summed E-state index contributed by atoms with van der Waals surface area (Å²) >= 11 is 0. The van der Waals surface area contributed by atoms with Crippen molar-refractivity contribution in [3.05, 3.63) is 47.5 Å². The van der Waals surface area contributed by atoms with Gasteiger partial charge in [-0.25, -0.2) is 8.91 Å². The number of amides is 1. The summed E-state index contributed by atoms with van der Waals surface area (Å²) in [6, 6.07) is 5.57. The van der Waals surface area contributed by atoms with Gasteiger partial charge in [-0.1, -0.05) is 0 Å². The number of alkyl halides is 1. The van der Waals surface area contributed by atoms with Gasteiger partial charge < -0.3 is 11.1 Å². The Bertz CT molecular complexity index is 1050. The van der Waals surface area contributed by atoms with Crippen molar-refractivity contribution in [3.8, 4) is 11.1 Å². The number of anilines is 1. The minimum atomic E-state index is -1.33. The highest BCUT2D eigenvalue weighted by atomic mass is 19.1. The SMILES string of the molecule is Cc1cc(-c2cc3c(NC4CCCC4(C)F)c(C(N)=O)cnn3c2)cc(C)n1. The summed E-state index contributed by atoms with van der Waals surface area (Å²) in [6.07, 6.45) is 5.34. The van der Waals surface area contributed by atoms with Crippen LogP contribution in [0.2, 0.25) is 0 Å². The molecule has 2 unspecified atom stereocenters. The van der Waals surface area contributed by atoms with Crippen LogP contribution in [0.3, 0.4) is 0 Å². The third-order valence-corrected chi connectivity index (χ3v) is 5.52. The van der Waals surface area contributed by atoms with Crippen LogP contribution in [0.15, 0.2) is 30.6 Å². The molecule has 1 saturated carbocycles. The molecule has 4 rings (SSSR count). The molecular weight excluding hydrogens is 357 g/mol. The van der Waals surface area contributed by atoms with Crippen LogP contribution in [0.1, 0.15) is 47.9 Å². The second-order valence-corrected chi connectivity index (χ2v) is 7.86. The molecule has 1 aliphatic carbocycles. The van der Waals surface area contributed by atoms with E-state index in [-0.39, 0.29) is 11.6 Å². The fraction of sp³-hybridized carbons (Fsp3) is 0.381. The molecular formula is C21H24FN5O. The van der Waals surface area contributed by atoms with Gasteiger partial charge in [-0.15, -0.1) is 0 Å². The van der Waals surface area contributed by atoms with E-state index in [9.17, 15) is 9.18 Å². The molecule has 1 amide bonds. The van der Waals surface area contributed by atoms with E-state index in [2.05, 4.69) is 15.4 Å². The van der Waals surface area contributed by atoms with Crippen molar-refractivity contribution in [1.82, 2.24) is 14.6 Å². The third kappa shape index (κ3) is 3.21. The number of nitrogens with two attached hydrogens (primary N) is 1. The van der Waals surface area contributed by atoms with Gasteiger partial charge in [0, 0.05) is 23.1 Å². The van der Waals surface area contributed by atoms with Crippen LogP contribution in [0.25, 0.3) is 16.6 Å². The van der Waals surface area contributed by atoms with Crippen molar-refractivity contribution in [2.75, 3.05) is 5.32 Å². The quantitative estimate of drug-likeness (QED) is 0.720. The van der Waals surface area contributed by atoms with Gasteiger partial charge in [-0.05, 0) is 63.8 Å². The highest BCUT2D eigenvalue weighted by Gasteiger charge is 2.39. The first-order valence-corrected chi connectivity index (χ1v) is 9.47. The number of aromatic nitrogens is 3. The Labute approximate surface area is 163 Å². The summed E-state index contributed by atoms with van der Waals surface area (Å²) in [7, 11) is 0. The van der Waals surface area contributed by atoms with E-state index in [1.807, 2.05) is 38.2 Å². The van der Waals surface area contributed by atoms with Crippen LogP contribution < -0.4 is 11.1 Å². The van der Waals surface area contributed by atoms with Gasteiger partial charge in [0.2, 0.25) is 0 Å². The van der Waals surface area contributed by atoms with Crippen molar-refractivity contribution < 1.29 is 9.18 Å². The predicted octanol–water partition coefficient (Wildman–Crippen LogP) is 3.80. The van der Waals surface area contributed by atoms with Gasteiger partial charge in [-0.3, -0.25) is 9.78 Å². The van der Waals surface area contributed by atoms with E-state index in [0.717, 1.165) is 28.9 Å². The first-order chi connectivity index (χ1) is 13.2. The van der Waals surface area contributed by atoms with E-state index in [1.165, 1.54) is 6.20 Å². The molecule has 3 N–H and O–H groups in total. The molecule has 0 bridgehead atoms. The summed E-state index contributed by atoms with van der Waals surface area (Å²) < 4.78 is 16.5. The number of carbonyl (C=O) groups excluding carboxylic acids is 1. The number of primary amides is 1. The standard InChI is InChI=1S/C21H24FN5O/c1-12-7-14(8-13(2)25-12)15-9-17-19(26-18-5-4-6-21(18,3)22)16(20(23)28)10-24-27(17)11-15/h7-11,18,26H,4-6H2,1-3H3,(H2,23,28). The molecule has 0 radical (unpaired) electrons. The maximum atomic E-state index is 14.8. The zero-order chi connectivity index (χ0) is 20.1. The van der Waals surface area contributed by atoms with E-state index >= 15 is 0 Å². The largest absolute Gasteiger partial charge is 0.377 e. The zero-order valence-corrected chi connectivity index (χ0v) is 16.3. The number of carbonyl (C=O) groups is 1. The minimum Gasteiger partial charge on any atom is -0.377 e. The molecule has 3 heterocycles. The molecule has 6 nitrogen and oxygen atoms in total. The molecule has 1 fully saturated rings. The lowest BCUT2D eigenvalue weighted by atomic mass is 10.0. The van der Waals surface area contributed by atoms with E-state index in [0.29, 0.717) is 24.0 Å². The minimum absolute atomic E-state index is 0.266. The van der Waals surface area contributed by atoms with Gasteiger partial charge in [0.15, 0.2) is 0 Å². The van der Waals surface area contributed by atoms with Crippen molar-refractivity contribution in [3.63, 3.8) is 0 Å². The first kappa shape index (κ1) is 18.4. The second-order valence-electron chi connectivity index (χ2n) is 7.86. The summed E-state index contributed by atoms with van der Waals surface area (Å²) in [5.41, 5.74) is 9.55. The van der Waals surface area contributed by atoms with Crippen molar-refractivity contribution in [2.24, 2.45) is 5.73 Å². The molecule has 3 aromatic heterocycles. The molecule has 0 aliphatic heterocycles. The van der Waals surface area contributed by atoms with Crippen LogP contribution in [0, 0.1) is 13.8 Å². The van der Waals surface area contributed by atoms with Gasteiger partial charge in [0.25, 0.3) is 5.91 Å². The van der Waals surface area contributed by atoms with Crippen molar-refractivity contribution in [2.45, 2.75) is 51.7 Å². The second kappa shape index (κ2) is 6.58. The van der Waals surface area contributed by atoms with Crippen molar-refractivity contribution in [1.29, 1.82) is 0 Å². The Balaban J connectivity index is 1.85. The number of hydrogen-bond donors (Lipinski definition) is 2. The molecule has 0 saturated heterocycles. The normalized spacial score (nSPS) is 21.9. The number of halogens is 1. The Morgan fingerprint density at radius 1 is 1.29 bits per heavy atom. The molecule has 1 aliphatic rings. The lowest BCUT2D eigenvalue weighted by Gasteiger charge is -2.26. The summed E-state index contributed by atoms with van der Waals surface area (Å²) in [5.74, 6) is -0.589. The summed E-state index contributed by atoms with van der Waals surface area (Å²) in [6.45, 7) is 5.50. The number of fused-ring (bicyclic) bond motifs is 1. The van der Waals surface area contributed by atoms with Crippen LogP contribution in [-0.4, -0.2) is 32.2 Å². The lowest BCUT2D eigenvalue weighted by Crippen LogP contribution is -2.36. The van der Waals surface area contributed by atoms with E-state index in [4.69, 9.17) is 5.73 Å². The van der Waals surface area contributed by atoms with Gasteiger partial charge >= 0.3 is 0 Å². The van der Waals surface area contributed by atoms with Crippen LogP contribution in [0.5, 0.6) is 0 Å². The number of nitrogens with zero attached hydrogens (tertiary/aromatic N) is 3. The smallest absolute Gasteiger partial charge is 0.252 e.